The van der Waals surface area contributed by atoms with Crippen LogP contribution in [0.2, 0.25) is 0 Å². The van der Waals surface area contributed by atoms with Crippen molar-refractivity contribution >= 4 is 45.5 Å². The van der Waals surface area contributed by atoms with Crippen LogP contribution in [0.5, 0.6) is 0 Å². The lowest BCUT2D eigenvalue weighted by Crippen LogP contribution is -2.54. The quantitative estimate of drug-likeness (QED) is 0.480. The average Bonchev–Trinajstić information content (AvgIpc) is 3.15. The van der Waals surface area contributed by atoms with Gasteiger partial charge in [0.1, 0.15) is 5.57 Å². The Kier molecular flexibility index (Phi) is 4.90. The number of hydrogen-bond donors (Lipinski definition) is 1. The van der Waals surface area contributed by atoms with Crippen molar-refractivity contribution in [3.63, 3.8) is 0 Å². The molecule has 1 saturated heterocycles. The topological polar surface area (TPSA) is 71.4 Å². The van der Waals surface area contributed by atoms with Gasteiger partial charge in [0, 0.05) is 22.1 Å². The lowest BCUT2D eigenvalue weighted by molar-refractivity contribution is -0.122. The van der Waals surface area contributed by atoms with E-state index in [9.17, 15) is 14.4 Å². The molecule has 6 nitrogen and oxygen atoms in total. The van der Waals surface area contributed by atoms with Gasteiger partial charge in [-0.05, 0) is 61.5 Å². The van der Waals surface area contributed by atoms with Gasteiger partial charge in [0.25, 0.3) is 11.8 Å². The molecule has 7 heteroatoms. The van der Waals surface area contributed by atoms with E-state index >= 15 is 0 Å². The van der Waals surface area contributed by atoms with Crippen LogP contribution in [0.3, 0.4) is 0 Å². The highest BCUT2D eigenvalue weighted by Gasteiger charge is 2.36. The van der Waals surface area contributed by atoms with Gasteiger partial charge in [0.05, 0.1) is 5.69 Å². The first kappa shape index (κ1) is 18.9. The largest absolute Gasteiger partial charge is 0.335 e. The number of nitrogens with zero attached hydrogens (tertiary/aromatic N) is 2. The smallest absolute Gasteiger partial charge is 0.317 e. The number of imide groups is 2. The Morgan fingerprint density at radius 3 is 2.24 bits per heavy atom. The fourth-order valence-electron chi connectivity index (χ4n) is 3.08. The number of barbiturate groups is 1. The van der Waals surface area contributed by atoms with E-state index in [1.807, 2.05) is 48.0 Å². The number of benzene rings is 2. The van der Waals surface area contributed by atoms with Crippen LogP contribution >= 0.6 is 15.9 Å². The van der Waals surface area contributed by atoms with Crippen molar-refractivity contribution in [3.05, 3.63) is 88.2 Å². The van der Waals surface area contributed by atoms with Gasteiger partial charge >= 0.3 is 6.03 Å². The Hall–Kier alpha value is -3.45. The van der Waals surface area contributed by atoms with Gasteiger partial charge in [0.2, 0.25) is 0 Å². The number of aromatic nitrogens is 1. The molecule has 4 rings (SSSR count). The predicted molar refractivity (Wildman–Crippen MR) is 114 cm³/mol. The van der Waals surface area contributed by atoms with Gasteiger partial charge < -0.3 is 4.57 Å². The zero-order chi connectivity index (χ0) is 20.5. The number of amides is 4. The van der Waals surface area contributed by atoms with Crippen LogP contribution in [-0.2, 0) is 9.59 Å². The van der Waals surface area contributed by atoms with Gasteiger partial charge in [-0.25, -0.2) is 9.69 Å². The molecule has 144 valence electrons. The maximum absolute atomic E-state index is 13.0. The number of hydrogen-bond acceptors (Lipinski definition) is 3. The van der Waals surface area contributed by atoms with E-state index in [2.05, 4.69) is 21.2 Å². The Morgan fingerprint density at radius 2 is 1.55 bits per heavy atom. The number of rotatable bonds is 3. The first-order valence-electron chi connectivity index (χ1n) is 8.85. The van der Waals surface area contributed by atoms with Crippen LogP contribution in [0.15, 0.2) is 76.9 Å². The second-order valence-corrected chi connectivity index (χ2v) is 7.49. The summed E-state index contributed by atoms with van der Waals surface area (Å²) in [5.74, 6) is -1.38. The third kappa shape index (κ3) is 3.64. The monoisotopic (exact) mass is 449 g/mol. The molecule has 4 amide bonds. The molecule has 0 radical (unpaired) electrons. The number of aryl methyl sites for hydroxylation is 1. The predicted octanol–water partition coefficient (Wildman–Crippen LogP) is 4.21. The zero-order valence-electron chi connectivity index (χ0n) is 15.4. The van der Waals surface area contributed by atoms with Crippen LogP contribution in [0, 0.1) is 6.92 Å². The summed E-state index contributed by atoms with van der Waals surface area (Å²) >= 11 is 3.41. The summed E-state index contributed by atoms with van der Waals surface area (Å²) in [7, 11) is 0. The molecule has 1 aliphatic rings. The van der Waals surface area contributed by atoms with Crippen molar-refractivity contribution in [1.29, 1.82) is 0 Å². The Bertz CT molecular complexity index is 1140. The molecular weight excluding hydrogens is 434 g/mol. The fraction of sp³-hybridized carbons (Fsp3) is 0.0455. The molecule has 0 spiro atoms. The number of halogens is 1. The van der Waals surface area contributed by atoms with Crippen molar-refractivity contribution in [2.75, 3.05) is 4.90 Å². The molecule has 0 aliphatic carbocycles. The summed E-state index contributed by atoms with van der Waals surface area (Å²) in [4.78, 5) is 38.7. The van der Waals surface area contributed by atoms with Crippen LogP contribution < -0.4 is 10.2 Å². The molecule has 29 heavy (non-hydrogen) atoms. The molecule has 3 aromatic rings. The Morgan fingerprint density at radius 1 is 0.897 bits per heavy atom. The minimum absolute atomic E-state index is 0.109. The summed E-state index contributed by atoms with van der Waals surface area (Å²) in [6, 6.07) is 17.4. The fourth-order valence-corrected chi connectivity index (χ4v) is 3.35. The van der Waals surface area contributed by atoms with Crippen molar-refractivity contribution in [2.24, 2.45) is 0 Å². The summed E-state index contributed by atoms with van der Waals surface area (Å²) in [6.45, 7) is 1.91. The highest BCUT2D eigenvalue weighted by molar-refractivity contribution is 9.10. The van der Waals surface area contributed by atoms with E-state index in [-0.39, 0.29) is 5.57 Å². The molecule has 0 atom stereocenters. The van der Waals surface area contributed by atoms with Crippen molar-refractivity contribution in [3.8, 4) is 5.69 Å². The highest BCUT2D eigenvalue weighted by Crippen LogP contribution is 2.24. The molecular formula is C22H16BrN3O3. The minimum Gasteiger partial charge on any atom is -0.317 e. The highest BCUT2D eigenvalue weighted by atomic mass is 79.9. The summed E-state index contributed by atoms with van der Waals surface area (Å²) in [5.41, 5.74) is 2.81. The molecule has 1 fully saturated rings. The second kappa shape index (κ2) is 7.52. The lowest BCUT2D eigenvalue weighted by atomic mass is 10.1. The maximum atomic E-state index is 13.0. The molecule has 0 bridgehead atoms. The number of anilines is 1. The second-order valence-electron chi connectivity index (χ2n) is 6.57. The number of carbonyl (C=O) groups excluding carboxylic acids is 3. The van der Waals surface area contributed by atoms with Crippen molar-refractivity contribution in [2.45, 2.75) is 6.92 Å². The zero-order valence-corrected chi connectivity index (χ0v) is 17.0. The van der Waals surface area contributed by atoms with Crippen LogP contribution in [-0.4, -0.2) is 22.4 Å². The van der Waals surface area contributed by atoms with E-state index in [1.54, 1.807) is 30.3 Å². The van der Waals surface area contributed by atoms with Crippen molar-refractivity contribution in [1.82, 2.24) is 9.88 Å². The SMILES string of the molecule is Cc1ccc(N2C(=O)NC(=O)C(=Cc3cccn3-c3ccc(Br)cc3)C2=O)cc1. The molecule has 2 heterocycles. The molecule has 0 unspecified atom stereocenters. The molecule has 1 aliphatic heterocycles. The van der Waals surface area contributed by atoms with Gasteiger partial charge in [-0.15, -0.1) is 0 Å². The summed E-state index contributed by atoms with van der Waals surface area (Å²) in [6.07, 6.45) is 3.33. The molecule has 1 N–H and O–H groups in total. The van der Waals surface area contributed by atoms with E-state index in [0.29, 0.717) is 11.4 Å². The van der Waals surface area contributed by atoms with Crippen LogP contribution in [0.25, 0.3) is 11.8 Å². The minimum atomic E-state index is -0.760. The average molecular weight is 450 g/mol. The molecule has 2 aromatic carbocycles. The first-order valence-corrected chi connectivity index (χ1v) is 9.65. The summed E-state index contributed by atoms with van der Waals surface area (Å²) in [5, 5.41) is 2.25. The van der Waals surface area contributed by atoms with E-state index in [4.69, 9.17) is 0 Å². The number of urea groups is 1. The van der Waals surface area contributed by atoms with Crippen LogP contribution in [0.1, 0.15) is 11.3 Å². The lowest BCUT2D eigenvalue weighted by Gasteiger charge is -2.26. The standard InChI is InChI=1S/C22H16BrN3O3/c1-14-4-8-17(9-5-14)26-21(28)19(20(27)24-22(26)29)13-18-3-2-12-25(18)16-10-6-15(23)7-11-16/h2-13H,1H3,(H,24,27,29). The number of nitrogens with one attached hydrogen (secondary N) is 1. The van der Waals surface area contributed by atoms with Crippen LogP contribution in [0.4, 0.5) is 10.5 Å². The third-order valence-corrected chi connectivity index (χ3v) is 5.10. The Labute approximate surface area is 175 Å². The van der Waals surface area contributed by atoms with E-state index in [1.165, 1.54) is 6.08 Å². The Balaban J connectivity index is 1.73. The maximum Gasteiger partial charge on any atom is 0.335 e. The molecule has 1 aromatic heterocycles. The normalized spacial score (nSPS) is 15.7. The third-order valence-electron chi connectivity index (χ3n) is 4.57. The van der Waals surface area contributed by atoms with E-state index < -0.39 is 17.8 Å². The van der Waals surface area contributed by atoms with Gasteiger partial charge in [-0.1, -0.05) is 33.6 Å². The van der Waals surface area contributed by atoms with E-state index in [0.717, 1.165) is 20.6 Å². The first-order chi connectivity index (χ1) is 13.9. The molecule has 0 saturated carbocycles. The van der Waals surface area contributed by atoms with Gasteiger partial charge in [0.15, 0.2) is 0 Å². The van der Waals surface area contributed by atoms with Gasteiger partial charge in [-0.2, -0.15) is 0 Å². The van der Waals surface area contributed by atoms with Crippen molar-refractivity contribution < 1.29 is 14.4 Å². The summed E-state index contributed by atoms with van der Waals surface area (Å²) < 4.78 is 2.80. The van der Waals surface area contributed by atoms with Gasteiger partial charge in [-0.3, -0.25) is 14.9 Å². The number of carbonyl (C=O) groups is 3.